The Morgan fingerprint density at radius 2 is 2.00 bits per heavy atom. The number of amides is 1. The second-order valence-electron chi connectivity index (χ2n) is 7.56. The Balaban J connectivity index is 1.41. The van der Waals surface area contributed by atoms with Gasteiger partial charge in [-0.25, -0.2) is 0 Å². The normalized spacial score (nSPS) is 19.6. The minimum absolute atomic E-state index is 0.0212. The maximum Gasteiger partial charge on any atom is 0.234 e. The molecule has 1 saturated heterocycles. The fourth-order valence-electron chi connectivity index (χ4n) is 4.23. The number of benzene rings is 2. The molecule has 0 unspecified atom stereocenters. The van der Waals surface area contributed by atoms with Crippen molar-refractivity contribution in [3.63, 3.8) is 0 Å². The predicted molar refractivity (Wildman–Crippen MR) is 111 cm³/mol. The summed E-state index contributed by atoms with van der Waals surface area (Å²) in [4.78, 5) is 15.0. The average molecular weight is 396 g/mol. The van der Waals surface area contributed by atoms with Gasteiger partial charge < -0.3 is 19.5 Å². The van der Waals surface area contributed by atoms with E-state index in [0.29, 0.717) is 19.8 Å². The molecule has 2 aromatic carbocycles. The SMILES string of the molecule is COc1ccccc1[C@@H](C)NC(=O)CN1CCC[C@@H]1c1ccc2c(c1)OCCO2. The molecule has 2 heterocycles. The third-order valence-electron chi connectivity index (χ3n) is 5.64. The second-order valence-corrected chi connectivity index (χ2v) is 7.56. The molecule has 2 atom stereocenters. The summed E-state index contributed by atoms with van der Waals surface area (Å²) in [5, 5.41) is 3.11. The number of carbonyl (C=O) groups excluding carboxylic acids is 1. The van der Waals surface area contributed by atoms with Gasteiger partial charge in [0.15, 0.2) is 11.5 Å². The van der Waals surface area contributed by atoms with Crippen LogP contribution in [0.15, 0.2) is 42.5 Å². The molecule has 0 saturated carbocycles. The van der Waals surface area contributed by atoms with E-state index in [9.17, 15) is 4.79 Å². The number of para-hydroxylation sites is 1. The summed E-state index contributed by atoms with van der Waals surface area (Å²) in [5.41, 5.74) is 2.16. The number of hydrogen-bond donors (Lipinski definition) is 1. The van der Waals surface area contributed by atoms with E-state index in [1.807, 2.05) is 37.3 Å². The minimum atomic E-state index is -0.117. The molecule has 6 heteroatoms. The zero-order chi connectivity index (χ0) is 20.2. The molecule has 2 aliphatic rings. The first kappa shape index (κ1) is 19.6. The Labute approximate surface area is 171 Å². The number of ether oxygens (including phenoxy) is 3. The lowest BCUT2D eigenvalue weighted by Crippen LogP contribution is -2.38. The van der Waals surface area contributed by atoms with Crippen molar-refractivity contribution in [3.8, 4) is 17.2 Å². The largest absolute Gasteiger partial charge is 0.496 e. The van der Waals surface area contributed by atoms with Gasteiger partial charge in [0.1, 0.15) is 19.0 Å². The van der Waals surface area contributed by atoms with Crippen LogP contribution in [0.2, 0.25) is 0 Å². The monoisotopic (exact) mass is 396 g/mol. The molecule has 29 heavy (non-hydrogen) atoms. The van der Waals surface area contributed by atoms with Crippen molar-refractivity contribution in [1.29, 1.82) is 0 Å². The van der Waals surface area contributed by atoms with Gasteiger partial charge in [-0.3, -0.25) is 9.69 Å². The topological polar surface area (TPSA) is 60.0 Å². The highest BCUT2D eigenvalue weighted by Gasteiger charge is 2.29. The van der Waals surface area contributed by atoms with Crippen LogP contribution in [-0.4, -0.2) is 44.2 Å². The number of fused-ring (bicyclic) bond motifs is 1. The fourth-order valence-corrected chi connectivity index (χ4v) is 4.23. The zero-order valence-corrected chi connectivity index (χ0v) is 17.0. The molecule has 154 valence electrons. The van der Waals surface area contributed by atoms with Crippen LogP contribution >= 0.6 is 0 Å². The number of rotatable bonds is 6. The highest BCUT2D eigenvalue weighted by Crippen LogP contribution is 2.38. The lowest BCUT2D eigenvalue weighted by atomic mass is 10.0. The van der Waals surface area contributed by atoms with E-state index in [2.05, 4.69) is 22.3 Å². The molecule has 1 N–H and O–H groups in total. The third kappa shape index (κ3) is 4.32. The zero-order valence-electron chi connectivity index (χ0n) is 17.0. The summed E-state index contributed by atoms with van der Waals surface area (Å²) < 4.78 is 16.8. The van der Waals surface area contributed by atoms with Gasteiger partial charge in [0.2, 0.25) is 5.91 Å². The molecule has 4 rings (SSSR count). The van der Waals surface area contributed by atoms with Crippen LogP contribution in [0.1, 0.15) is 43.0 Å². The van der Waals surface area contributed by atoms with Crippen molar-refractivity contribution in [3.05, 3.63) is 53.6 Å². The van der Waals surface area contributed by atoms with Crippen LogP contribution in [0.3, 0.4) is 0 Å². The molecule has 1 fully saturated rings. The summed E-state index contributed by atoms with van der Waals surface area (Å²) in [7, 11) is 1.65. The quantitative estimate of drug-likeness (QED) is 0.810. The smallest absolute Gasteiger partial charge is 0.234 e. The van der Waals surface area contributed by atoms with Crippen molar-refractivity contribution in [1.82, 2.24) is 10.2 Å². The van der Waals surface area contributed by atoms with Gasteiger partial charge in [0, 0.05) is 11.6 Å². The molecule has 2 aromatic rings. The Morgan fingerprint density at radius 1 is 1.21 bits per heavy atom. The highest BCUT2D eigenvalue weighted by molar-refractivity contribution is 5.78. The van der Waals surface area contributed by atoms with Gasteiger partial charge in [-0.1, -0.05) is 24.3 Å². The Bertz CT molecular complexity index is 870. The van der Waals surface area contributed by atoms with E-state index in [1.54, 1.807) is 7.11 Å². The lowest BCUT2D eigenvalue weighted by molar-refractivity contribution is -0.123. The van der Waals surface area contributed by atoms with E-state index < -0.39 is 0 Å². The van der Waals surface area contributed by atoms with E-state index >= 15 is 0 Å². The van der Waals surface area contributed by atoms with E-state index in [0.717, 1.165) is 42.2 Å². The summed E-state index contributed by atoms with van der Waals surface area (Å²) in [6.45, 7) is 4.44. The molecule has 0 spiro atoms. The molecular weight excluding hydrogens is 368 g/mol. The number of nitrogens with one attached hydrogen (secondary N) is 1. The fraction of sp³-hybridized carbons (Fsp3) is 0.435. The van der Waals surface area contributed by atoms with Gasteiger partial charge in [-0.05, 0) is 50.1 Å². The molecule has 1 amide bonds. The van der Waals surface area contributed by atoms with Gasteiger partial charge >= 0.3 is 0 Å². The molecule has 0 aromatic heterocycles. The average Bonchev–Trinajstić information content (AvgIpc) is 3.21. The van der Waals surface area contributed by atoms with Crippen LogP contribution in [0.4, 0.5) is 0 Å². The van der Waals surface area contributed by atoms with Crippen LogP contribution in [-0.2, 0) is 4.79 Å². The summed E-state index contributed by atoms with van der Waals surface area (Å²) in [5.74, 6) is 2.41. The van der Waals surface area contributed by atoms with Gasteiger partial charge in [-0.15, -0.1) is 0 Å². The minimum Gasteiger partial charge on any atom is -0.496 e. The maximum absolute atomic E-state index is 12.8. The van der Waals surface area contributed by atoms with Crippen molar-refractivity contribution < 1.29 is 19.0 Å². The molecule has 0 bridgehead atoms. The summed E-state index contributed by atoms with van der Waals surface area (Å²) >= 11 is 0. The molecule has 0 aliphatic carbocycles. The Kier molecular flexibility index (Phi) is 5.90. The second kappa shape index (κ2) is 8.74. The summed E-state index contributed by atoms with van der Waals surface area (Å²) in [6, 6.07) is 14.0. The number of likely N-dealkylation sites (tertiary alicyclic amines) is 1. The molecule has 2 aliphatic heterocycles. The third-order valence-corrected chi connectivity index (χ3v) is 5.64. The molecular formula is C23H28N2O4. The maximum atomic E-state index is 12.8. The number of carbonyl (C=O) groups is 1. The van der Waals surface area contributed by atoms with Gasteiger partial charge in [-0.2, -0.15) is 0 Å². The van der Waals surface area contributed by atoms with E-state index in [4.69, 9.17) is 14.2 Å². The Hall–Kier alpha value is -2.73. The van der Waals surface area contributed by atoms with Gasteiger partial charge in [0.25, 0.3) is 0 Å². The number of nitrogens with zero attached hydrogens (tertiary/aromatic N) is 1. The predicted octanol–water partition coefficient (Wildman–Crippen LogP) is 3.48. The van der Waals surface area contributed by atoms with E-state index in [-0.39, 0.29) is 18.0 Å². The van der Waals surface area contributed by atoms with E-state index in [1.165, 1.54) is 5.56 Å². The van der Waals surface area contributed by atoms with Crippen molar-refractivity contribution in [2.24, 2.45) is 0 Å². The first-order valence-corrected chi connectivity index (χ1v) is 10.2. The van der Waals surface area contributed by atoms with Gasteiger partial charge in [0.05, 0.1) is 19.7 Å². The van der Waals surface area contributed by atoms with Crippen molar-refractivity contribution in [2.75, 3.05) is 33.4 Å². The number of methoxy groups -OCH3 is 1. The number of hydrogen-bond acceptors (Lipinski definition) is 5. The lowest BCUT2D eigenvalue weighted by Gasteiger charge is -2.27. The first-order chi connectivity index (χ1) is 14.2. The van der Waals surface area contributed by atoms with Crippen LogP contribution < -0.4 is 19.5 Å². The van der Waals surface area contributed by atoms with Crippen LogP contribution in [0.5, 0.6) is 17.2 Å². The molecule has 6 nitrogen and oxygen atoms in total. The first-order valence-electron chi connectivity index (χ1n) is 10.2. The van der Waals surface area contributed by atoms with Crippen LogP contribution in [0, 0.1) is 0 Å². The summed E-state index contributed by atoms with van der Waals surface area (Å²) in [6.07, 6.45) is 2.11. The Morgan fingerprint density at radius 3 is 2.83 bits per heavy atom. The molecule has 0 radical (unpaired) electrons. The standard InChI is InChI=1S/C23H28N2O4/c1-16(18-6-3-4-8-20(18)27-2)24-23(26)15-25-11-5-7-19(25)17-9-10-21-22(14-17)29-13-12-28-21/h3-4,6,8-10,14,16,19H,5,7,11-13,15H2,1-2H3,(H,24,26)/t16-,19-/m1/s1. The highest BCUT2D eigenvalue weighted by atomic mass is 16.6. The van der Waals surface area contributed by atoms with Crippen molar-refractivity contribution in [2.45, 2.75) is 31.8 Å². The van der Waals surface area contributed by atoms with Crippen LogP contribution in [0.25, 0.3) is 0 Å². The van der Waals surface area contributed by atoms with Crippen molar-refractivity contribution >= 4 is 5.91 Å².